The van der Waals surface area contributed by atoms with Crippen molar-refractivity contribution in [3.63, 3.8) is 0 Å². The summed E-state index contributed by atoms with van der Waals surface area (Å²) in [6.45, 7) is 0. The third-order valence-corrected chi connectivity index (χ3v) is 1.51. The van der Waals surface area contributed by atoms with Crippen LogP contribution in [0.2, 0.25) is 0 Å². The zero-order valence-electron chi connectivity index (χ0n) is 7.42. The van der Waals surface area contributed by atoms with Crippen LogP contribution >= 0.6 is 0 Å². The molecule has 2 atom stereocenters. The van der Waals surface area contributed by atoms with Gasteiger partial charge in [0.2, 0.25) is 0 Å². The minimum atomic E-state index is -0.269. The average Bonchev–Trinajstić information content (AvgIpc) is 2.16. The number of rotatable bonds is 2. The first-order valence-corrected chi connectivity index (χ1v) is 3.64. The fourth-order valence-corrected chi connectivity index (χ4v) is 0.875. The van der Waals surface area contributed by atoms with Gasteiger partial charge in [0, 0.05) is 7.11 Å². The largest absolute Gasteiger partial charge is 0.468 e. The number of amidine groups is 1. The second-order valence-electron chi connectivity index (χ2n) is 2.26. The van der Waals surface area contributed by atoms with E-state index >= 15 is 0 Å². The highest BCUT2D eigenvalue weighted by molar-refractivity contribution is 5.74. The molecule has 0 saturated carbocycles. The van der Waals surface area contributed by atoms with E-state index in [0.717, 1.165) is 0 Å². The van der Waals surface area contributed by atoms with Gasteiger partial charge in [-0.2, -0.15) is 0 Å². The molecule has 1 aliphatic heterocycles. The molecule has 0 radical (unpaired) electrons. The Morgan fingerprint density at radius 1 is 1.50 bits per heavy atom. The number of aliphatic imine (C=N–C) groups is 1. The summed E-state index contributed by atoms with van der Waals surface area (Å²) in [5.41, 5.74) is 0. The Bertz CT molecular complexity index is 173. The number of methoxy groups -OCH3 is 2. The van der Waals surface area contributed by atoms with Gasteiger partial charge in [0.05, 0.1) is 7.11 Å². The molecule has 1 rings (SSSR count). The van der Waals surface area contributed by atoms with Crippen molar-refractivity contribution in [1.82, 2.24) is 16.0 Å². The standard InChI is InChI=1S/C6H14N4O2/c1-7-4-8-5(11-2)10-6(9-4)12-3/h4-5,7-8H,1-3H3,(H,9,10). The van der Waals surface area contributed by atoms with Crippen molar-refractivity contribution in [3.05, 3.63) is 0 Å². The second-order valence-corrected chi connectivity index (χ2v) is 2.26. The van der Waals surface area contributed by atoms with Crippen molar-refractivity contribution < 1.29 is 9.47 Å². The van der Waals surface area contributed by atoms with E-state index in [-0.39, 0.29) is 12.6 Å². The lowest BCUT2D eigenvalue weighted by Gasteiger charge is -2.28. The molecule has 0 spiro atoms. The summed E-state index contributed by atoms with van der Waals surface area (Å²) in [7, 11) is 4.94. The molecule has 0 bridgehead atoms. The van der Waals surface area contributed by atoms with Crippen molar-refractivity contribution in [2.24, 2.45) is 4.99 Å². The monoisotopic (exact) mass is 174 g/mol. The maximum Gasteiger partial charge on any atom is 0.290 e. The van der Waals surface area contributed by atoms with E-state index in [0.29, 0.717) is 6.02 Å². The van der Waals surface area contributed by atoms with E-state index in [2.05, 4.69) is 20.9 Å². The zero-order chi connectivity index (χ0) is 8.97. The molecule has 0 amide bonds. The van der Waals surface area contributed by atoms with Gasteiger partial charge in [-0.15, -0.1) is 0 Å². The molecule has 2 unspecified atom stereocenters. The Morgan fingerprint density at radius 3 is 2.75 bits per heavy atom. The number of nitrogens with one attached hydrogen (secondary N) is 3. The van der Waals surface area contributed by atoms with Crippen LogP contribution < -0.4 is 16.0 Å². The Balaban J connectivity index is 2.57. The molecule has 1 heterocycles. The molecule has 0 aromatic carbocycles. The van der Waals surface area contributed by atoms with Gasteiger partial charge in [0.25, 0.3) is 6.02 Å². The van der Waals surface area contributed by atoms with Crippen molar-refractivity contribution in [2.75, 3.05) is 21.3 Å². The molecule has 70 valence electrons. The molecule has 0 aromatic rings. The van der Waals surface area contributed by atoms with Crippen molar-refractivity contribution >= 4 is 6.02 Å². The van der Waals surface area contributed by atoms with Gasteiger partial charge < -0.3 is 14.8 Å². The zero-order valence-corrected chi connectivity index (χ0v) is 7.42. The predicted octanol–water partition coefficient (Wildman–Crippen LogP) is -1.39. The van der Waals surface area contributed by atoms with Crippen LogP contribution in [0.4, 0.5) is 0 Å². The Hall–Kier alpha value is -0.850. The maximum absolute atomic E-state index is 5.03. The van der Waals surface area contributed by atoms with E-state index in [4.69, 9.17) is 9.47 Å². The van der Waals surface area contributed by atoms with Crippen LogP contribution in [0.1, 0.15) is 0 Å². The van der Waals surface area contributed by atoms with Gasteiger partial charge in [0.15, 0.2) is 12.6 Å². The molecule has 6 heteroatoms. The first kappa shape index (κ1) is 9.24. The number of nitrogens with zero attached hydrogens (tertiary/aromatic N) is 1. The molecule has 0 aromatic heterocycles. The minimum absolute atomic E-state index is 0.175. The summed E-state index contributed by atoms with van der Waals surface area (Å²) in [4.78, 5) is 4.10. The summed E-state index contributed by atoms with van der Waals surface area (Å²) in [6.07, 6.45) is -0.443. The van der Waals surface area contributed by atoms with Crippen molar-refractivity contribution in [1.29, 1.82) is 0 Å². The van der Waals surface area contributed by atoms with Gasteiger partial charge in [-0.1, -0.05) is 0 Å². The van der Waals surface area contributed by atoms with Crippen LogP contribution in [0, 0.1) is 0 Å². The van der Waals surface area contributed by atoms with E-state index in [1.165, 1.54) is 0 Å². The van der Waals surface area contributed by atoms with E-state index in [1.54, 1.807) is 21.3 Å². The van der Waals surface area contributed by atoms with Gasteiger partial charge >= 0.3 is 0 Å². The van der Waals surface area contributed by atoms with Gasteiger partial charge in [0.1, 0.15) is 0 Å². The Labute approximate surface area is 71.3 Å². The topological polar surface area (TPSA) is 66.9 Å². The summed E-state index contributed by atoms with van der Waals surface area (Å²) >= 11 is 0. The summed E-state index contributed by atoms with van der Waals surface area (Å²) in [5, 5.41) is 8.81. The summed E-state index contributed by atoms with van der Waals surface area (Å²) < 4.78 is 9.97. The number of ether oxygens (including phenoxy) is 2. The Kier molecular flexibility index (Phi) is 3.27. The third-order valence-electron chi connectivity index (χ3n) is 1.51. The smallest absolute Gasteiger partial charge is 0.290 e. The predicted molar refractivity (Wildman–Crippen MR) is 44.4 cm³/mol. The van der Waals surface area contributed by atoms with Gasteiger partial charge in [-0.25, -0.2) is 10.3 Å². The second kappa shape index (κ2) is 4.24. The normalized spacial score (nSPS) is 29.1. The highest BCUT2D eigenvalue weighted by Gasteiger charge is 2.20. The van der Waals surface area contributed by atoms with Crippen LogP contribution in [0.5, 0.6) is 0 Å². The molecule has 0 fully saturated rings. The highest BCUT2D eigenvalue weighted by atomic mass is 16.5. The van der Waals surface area contributed by atoms with Crippen LogP contribution in [0.25, 0.3) is 0 Å². The lowest BCUT2D eigenvalue weighted by Crippen LogP contribution is -2.58. The minimum Gasteiger partial charge on any atom is -0.468 e. The molecule has 0 saturated heterocycles. The number of hydrogen-bond acceptors (Lipinski definition) is 6. The first-order valence-electron chi connectivity index (χ1n) is 3.64. The van der Waals surface area contributed by atoms with E-state index < -0.39 is 0 Å². The molecule has 6 nitrogen and oxygen atoms in total. The fraction of sp³-hybridized carbons (Fsp3) is 0.833. The SMILES string of the molecule is CNC1N=C(OC)NC(OC)N1. The van der Waals surface area contributed by atoms with E-state index in [1.807, 2.05) is 0 Å². The summed E-state index contributed by atoms with van der Waals surface area (Å²) in [5.74, 6) is 0. The van der Waals surface area contributed by atoms with Gasteiger partial charge in [-0.05, 0) is 7.05 Å². The lowest BCUT2D eigenvalue weighted by atomic mass is 10.6. The van der Waals surface area contributed by atoms with Crippen molar-refractivity contribution in [3.8, 4) is 0 Å². The Morgan fingerprint density at radius 2 is 2.25 bits per heavy atom. The highest BCUT2D eigenvalue weighted by Crippen LogP contribution is 1.94. The van der Waals surface area contributed by atoms with Gasteiger partial charge in [-0.3, -0.25) is 5.32 Å². The van der Waals surface area contributed by atoms with E-state index in [9.17, 15) is 0 Å². The van der Waals surface area contributed by atoms with Crippen molar-refractivity contribution in [2.45, 2.75) is 12.6 Å². The number of hydrogen-bond donors (Lipinski definition) is 3. The quantitative estimate of drug-likeness (QED) is 0.481. The summed E-state index contributed by atoms with van der Waals surface area (Å²) in [6, 6.07) is 0.458. The van der Waals surface area contributed by atoms with Crippen LogP contribution in [-0.4, -0.2) is 39.9 Å². The molecule has 3 N–H and O–H groups in total. The van der Waals surface area contributed by atoms with Crippen LogP contribution in [0.3, 0.4) is 0 Å². The molecule has 12 heavy (non-hydrogen) atoms. The molecule has 1 aliphatic rings. The fourth-order valence-electron chi connectivity index (χ4n) is 0.875. The molecular formula is C6H14N4O2. The average molecular weight is 174 g/mol. The third kappa shape index (κ3) is 2.07. The maximum atomic E-state index is 5.03. The van der Waals surface area contributed by atoms with Crippen LogP contribution in [0.15, 0.2) is 4.99 Å². The molecule has 0 aliphatic carbocycles. The first-order chi connectivity index (χ1) is 5.80. The van der Waals surface area contributed by atoms with Crippen LogP contribution in [-0.2, 0) is 9.47 Å². The lowest BCUT2D eigenvalue weighted by molar-refractivity contribution is 0.0355. The molecular weight excluding hydrogens is 160 g/mol.